The molecule has 4 nitrogen and oxygen atoms in total. The number of rotatable bonds is 5. The van der Waals surface area contributed by atoms with E-state index in [0.29, 0.717) is 21.4 Å². The second kappa shape index (κ2) is 7.18. The highest BCUT2D eigenvalue weighted by Gasteiger charge is 2.18. The Morgan fingerprint density at radius 3 is 2.67 bits per heavy atom. The van der Waals surface area contributed by atoms with Crippen LogP contribution in [0.25, 0.3) is 0 Å². The molecule has 1 aromatic carbocycles. The summed E-state index contributed by atoms with van der Waals surface area (Å²) in [5, 5.41) is 10.1. The van der Waals surface area contributed by atoms with Gasteiger partial charge in [0.2, 0.25) is 0 Å². The van der Waals surface area contributed by atoms with Gasteiger partial charge in [0.05, 0.1) is 0 Å². The quantitative estimate of drug-likeness (QED) is 0.796. The number of thioether (sulfide) groups is 1. The predicted molar refractivity (Wildman–Crippen MR) is 82.8 cm³/mol. The van der Waals surface area contributed by atoms with Gasteiger partial charge in [0, 0.05) is 10.3 Å². The molecule has 1 aliphatic rings. The molecule has 0 spiro atoms. The lowest BCUT2D eigenvalue weighted by atomic mass is 10.0. The van der Waals surface area contributed by atoms with Crippen LogP contribution in [0, 0.1) is 0 Å². The first-order valence-corrected chi connectivity index (χ1v) is 8.43. The monoisotopic (exact) mass is 324 g/mol. The van der Waals surface area contributed by atoms with E-state index in [1.54, 1.807) is 23.9 Å². The maximum absolute atomic E-state index is 5.83. The van der Waals surface area contributed by atoms with Crippen LogP contribution in [0.5, 0.6) is 5.75 Å². The summed E-state index contributed by atoms with van der Waals surface area (Å²) in [6.45, 7) is 0.278. The lowest BCUT2D eigenvalue weighted by Gasteiger charge is -2.18. The highest BCUT2D eigenvalue weighted by atomic mass is 35.5. The Bertz CT molecular complexity index is 567. The first kappa shape index (κ1) is 14.7. The molecule has 0 aliphatic heterocycles. The second-order valence-electron chi connectivity index (χ2n) is 5.08. The molecule has 0 unspecified atom stereocenters. The van der Waals surface area contributed by atoms with Gasteiger partial charge >= 0.3 is 0 Å². The molecule has 1 heterocycles. The van der Waals surface area contributed by atoms with Crippen molar-refractivity contribution in [2.24, 2.45) is 0 Å². The molecule has 0 radical (unpaired) electrons. The van der Waals surface area contributed by atoms with Crippen molar-refractivity contribution in [1.82, 2.24) is 10.2 Å². The summed E-state index contributed by atoms with van der Waals surface area (Å²) in [4.78, 5) is 0. The number of aromatic nitrogens is 2. The van der Waals surface area contributed by atoms with Gasteiger partial charge in [-0.15, -0.1) is 10.2 Å². The Kier molecular flexibility index (Phi) is 5.04. The van der Waals surface area contributed by atoms with Gasteiger partial charge in [-0.05, 0) is 37.1 Å². The summed E-state index contributed by atoms with van der Waals surface area (Å²) in [6, 6.07) is 7.21. The Labute approximate surface area is 133 Å². The van der Waals surface area contributed by atoms with E-state index in [2.05, 4.69) is 10.2 Å². The van der Waals surface area contributed by atoms with Gasteiger partial charge in [0.1, 0.15) is 5.75 Å². The zero-order valence-electron chi connectivity index (χ0n) is 11.6. The van der Waals surface area contributed by atoms with Crippen molar-refractivity contribution in [3.8, 4) is 5.75 Å². The molecule has 0 saturated heterocycles. The zero-order valence-corrected chi connectivity index (χ0v) is 13.2. The summed E-state index contributed by atoms with van der Waals surface area (Å²) >= 11 is 7.52. The number of hydrogen-bond donors (Lipinski definition) is 0. The van der Waals surface area contributed by atoms with Crippen LogP contribution in [-0.4, -0.2) is 15.4 Å². The molecule has 3 rings (SSSR count). The minimum absolute atomic E-state index is 0.278. The lowest BCUT2D eigenvalue weighted by molar-refractivity contribution is 0.252. The molecule has 0 N–H and O–H groups in total. The van der Waals surface area contributed by atoms with Crippen molar-refractivity contribution >= 4 is 23.4 Å². The van der Waals surface area contributed by atoms with E-state index in [-0.39, 0.29) is 6.61 Å². The minimum Gasteiger partial charge on any atom is -0.484 e. The number of nitrogens with zero attached hydrogens (tertiary/aromatic N) is 2. The fourth-order valence-electron chi connectivity index (χ4n) is 2.35. The predicted octanol–water partition coefficient (Wildman–Crippen LogP) is 4.73. The van der Waals surface area contributed by atoms with E-state index >= 15 is 0 Å². The number of benzene rings is 1. The van der Waals surface area contributed by atoms with Gasteiger partial charge in [0.15, 0.2) is 6.61 Å². The molecule has 1 aliphatic carbocycles. The Morgan fingerprint density at radius 2 is 1.90 bits per heavy atom. The van der Waals surface area contributed by atoms with Crippen molar-refractivity contribution in [1.29, 1.82) is 0 Å². The van der Waals surface area contributed by atoms with Crippen molar-refractivity contribution in [3.63, 3.8) is 0 Å². The standard InChI is InChI=1S/C15H17ClN2O2S/c16-11-6-8-12(9-7-11)19-10-14-17-18-15(20-14)21-13-4-2-1-3-5-13/h6-9,13H,1-5,10H2. The Morgan fingerprint density at radius 1 is 1.14 bits per heavy atom. The summed E-state index contributed by atoms with van der Waals surface area (Å²) in [7, 11) is 0. The molecule has 2 aromatic rings. The van der Waals surface area contributed by atoms with E-state index in [0.717, 1.165) is 5.75 Å². The summed E-state index contributed by atoms with van der Waals surface area (Å²) in [5.41, 5.74) is 0. The largest absolute Gasteiger partial charge is 0.484 e. The topological polar surface area (TPSA) is 48.2 Å². The molecule has 0 atom stereocenters. The van der Waals surface area contributed by atoms with Crippen LogP contribution < -0.4 is 4.74 Å². The third kappa shape index (κ3) is 4.38. The Hall–Kier alpha value is -1.20. The van der Waals surface area contributed by atoms with Crippen molar-refractivity contribution in [2.45, 2.75) is 49.2 Å². The highest BCUT2D eigenvalue weighted by Crippen LogP contribution is 2.32. The van der Waals surface area contributed by atoms with Gasteiger partial charge in [-0.25, -0.2) is 0 Å². The summed E-state index contributed by atoms with van der Waals surface area (Å²) < 4.78 is 11.2. The van der Waals surface area contributed by atoms with Crippen LogP contribution in [0.3, 0.4) is 0 Å². The number of hydrogen-bond acceptors (Lipinski definition) is 5. The van der Waals surface area contributed by atoms with Crippen molar-refractivity contribution in [3.05, 3.63) is 35.2 Å². The van der Waals surface area contributed by atoms with E-state index in [1.165, 1.54) is 32.1 Å². The van der Waals surface area contributed by atoms with E-state index in [9.17, 15) is 0 Å². The first-order chi connectivity index (χ1) is 10.3. The fourth-order valence-corrected chi connectivity index (χ4v) is 3.56. The van der Waals surface area contributed by atoms with E-state index in [4.69, 9.17) is 20.8 Å². The summed E-state index contributed by atoms with van der Waals surface area (Å²) in [5.74, 6) is 1.24. The third-order valence-corrected chi connectivity index (χ3v) is 4.87. The smallest absolute Gasteiger partial charge is 0.276 e. The number of halogens is 1. The van der Waals surface area contributed by atoms with Crippen LogP contribution in [0.1, 0.15) is 38.0 Å². The number of ether oxygens (including phenoxy) is 1. The molecule has 1 saturated carbocycles. The maximum Gasteiger partial charge on any atom is 0.276 e. The van der Waals surface area contributed by atoms with Gasteiger partial charge in [-0.2, -0.15) is 0 Å². The molecule has 1 fully saturated rings. The average molecular weight is 325 g/mol. The van der Waals surface area contributed by atoms with Crippen LogP contribution in [0.4, 0.5) is 0 Å². The molecule has 0 amide bonds. The molecule has 6 heteroatoms. The average Bonchev–Trinajstić information content (AvgIpc) is 2.95. The molecule has 1 aromatic heterocycles. The SMILES string of the molecule is Clc1ccc(OCc2nnc(SC3CCCCC3)o2)cc1. The highest BCUT2D eigenvalue weighted by molar-refractivity contribution is 7.99. The van der Waals surface area contributed by atoms with E-state index < -0.39 is 0 Å². The molecular formula is C15H17ClN2O2S. The molecule has 0 bridgehead atoms. The molecule has 21 heavy (non-hydrogen) atoms. The van der Waals surface area contributed by atoms with Crippen LogP contribution >= 0.6 is 23.4 Å². The van der Waals surface area contributed by atoms with Gasteiger partial charge in [-0.1, -0.05) is 42.6 Å². The molecular weight excluding hydrogens is 308 g/mol. The van der Waals surface area contributed by atoms with Crippen LogP contribution in [0.2, 0.25) is 5.02 Å². The fraction of sp³-hybridized carbons (Fsp3) is 0.467. The van der Waals surface area contributed by atoms with Crippen LogP contribution in [0.15, 0.2) is 33.9 Å². The van der Waals surface area contributed by atoms with Crippen molar-refractivity contribution < 1.29 is 9.15 Å². The van der Waals surface area contributed by atoms with E-state index in [1.807, 2.05) is 12.1 Å². The van der Waals surface area contributed by atoms with Gasteiger partial charge < -0.3 is 9.15 Å². The molecule has 112 valence electrons. The van der Waals surface area contributed by atoms with Gasteiger partial charge in [0.25, 0.3) is 11.1 Å². The third-order valence-electron chi connectivity index (χ3n) is 3.44. The Balaban J connectivity index is 1.51. The van der Waals surface area contributed by atoms with Crippen molar-refractivity contribution in [2.75, 3.05) is 0 Å². The first-order valence-electron chi connectivity index (χ1n) is 7.17. The second-order valence-corrected chi connectivity index (χ2v) is 6.77. The summed E-state index contributed by atoms with van der Waals surface area (Å²) in [6.07, 6.45) is 6.44. The minimum atomic E-state index is 0.278. The lowest BCUT2D eigenvalue weighted by Crippen LogP contribution is -2.07. The van der Waals surface area contributed by atoms with Gasteiger partial charge in [-0.3, -0.25) is 0 Å². The van der Waals surface area contributed by atoms with Crippen LogP contribution in [-0.2, 0) is 6.61 Å². The zero-order chi connectivity index (χ0) is 14.5. The normalized spacial score (nSPS) is 16.0. The maximum atomic E-state index is 5.83.